The minimum absolute atomic E-state index is 1.18. The first-order valence-corrected chi connectivity index (χ1v) is 10.1. The second-order valence-corrected chi connectivity index (χ2v) is 6.93. The van der Waals surface area contributed by atoms with Gasteiger partial charge in [0.2, 0.25) is 0 Å². The summed E-state index contributed by atoms with van der Waals surface area (Å²) in [5, 5.41) is 0. The summed E-state index contributed by atoms with van der Waals surface area (Å²) in [7, 11) is -4.94. The predicted molar refractivity (Wildman–Crippen MR) is 83.2 cm³/mol. The Kier molecular flexibility index (Phi) is 14.2. The number of rotatable bonds is 11. The number of halogens is 1. The van der Waals surface area contributed by atoms with Crippen LogP contribution >= 0.6 is 0 Å². The molecule has 6 heteroatoms. The highest BCUT2D eigenvalue weighted by Crippen LogP contribution is 2.10. The Hall–Kier alpha value is -0.720. The summed E-state index contributed by atoms with van der Waals surface area (Å²) in [6, 6.07) is 4.38. The van der Waals surface area contributed by atoms with Gasteiger partial charge in [0.05, 0.1) is 0 Å². The van der Waals surface area contributed by atoms with Crippen molar-refractivity contribution in [3.8, 4) is 0 Å². The molecule has 0 aliphatic carbocycles. The van der Waals surface area contributed by atoms with Crippen LogP contribution in [0.5, 0.6) is 0 Å². The van der Waals surface area contributed by atoms with E-state index in [-0.39, 0.29) is 0 Å². The van der Waals surface area contributed by atoms with Crippen LogP contribution in [0.4, 0.5) is 0 Å². The number of nitrogens with zero attached hydrogens (tertiary/aromatic N) is 1. The van der Waals surface area contributed by atoms with Crippen LogP contribution < -0.4 is 23.2 Å². The molecule has 24 heavy (non-hydrogen) atoms. The number of unbranched alkanes of at least 4 members (excludes halogenated alkanes) is 9. The van der Waals surface area contributed by atoms with Gasteiger partial charge in [-0.3, -0.25) is 0 Å². The third-order valence-corrected chi connectivity index (χ3v) is 3.83. The van der Waals surface area contributed by atoms with E-state index >= 15 is 0 Å². The zero-order chi connectivity index (χ0) is 18.3. The summed E-state index contributed by atoms with van der Waals surface area (Å²) in [6.45, 7) is 5.60. The number of hydrogen-bond acceptors (Lipinski definition) is 4. The van der Waals surface area contributed by atoms with Gasteiger partial charge in [-0.1, -0.05) is 58.3 Å². The first-order valence-electron chi connectivity index (χ1n) is 8.90. The van der Waals surface area contributed by atoms with E-state index in [1.807, 2.05) is 0 Å². The minimum Gasteiger partial charge on any atom is -0.222 e. The van der Waals surface area contributed by atoms with Crippen molar-refractivity contribution < 1.29 is 33.4 Å². The zero-order valence-electron chi connectivity index (χ0n) is 15.0. The van der Waals surface area contributed by atoms with Gasteiger partial charge in [0, 0.05) is 18.6 Å². The maximum Gasteiger partial charge on any atom is 0.169 e. The largest absolute Gasteiger partial charge is 0.222 e. The second-order valence-electron chi connectivity index (χ2n) is 6.17. The third-order valence-electron chi connectivity index (χ3n) is 3.83. The molecule has 0 aromatic carbocycles. The summed E-state index contributed by atoms with van der Waals surface area (Å²) in [6.07, 6.45) is 18.5. The van der Waals surface area contributed by atoms with Gasteiger partial charge in [-0.05, 0) is 18.9 Å². The molecule has 0 N–H and O–H groups in total. The molecule has 0 saturated carbocycles. The third kappa shape index (κ3) is 19.3. The molecule has 1 aromatic rings. The van der Waals surface area contributed by atoms with Crippen LogP contribution in [-0.4, -0.2) is 0 Å². The Morgan fingerprint density at radius 2 is 1.12 bits per heavy atom. The lowest BCUT2D eigenvalue weighted by Crippen LogP contribution is -2.68. The van der Waals surface area contributed by atoms with E-state index in [1.54, 1.807) is 0 Å². The Labute approximate surface area is 148 Å². The standard InChI is InChI=1S/C18H32N.ClHO4/c1-3-4-5-6-7-8-9-10-11-12-15-19-16-13-18(2)14-17-19;2-1(3,4)5/h13-14,16-17H,3-12,15H2,1-2H3;(H,2,3,4,5)/q+1;/p-1. The molecule has 0 atom stereocenters. The summed E-state index contributed by atoms with van der Waals surface area (Å²) in [5.74, 6) is 0. The average molecular weight is 362 g/mol. The quantitative estimate of drug-likeness (QED) is 0.422. The van der Waals surface area contributed by atoms with Gasteiger partial charge in [0.25, 0.3) is 0 Å². The van der Waals surface area contributed by atoms with E-state index in [0.717, 1.165) is 0 Å². The monoisotopic (exact) mass is 361 g/mol. The second kappa shape index (κ2) is 14.6. The van der Waals surface area contributed by atoms with E-state index < -0.39 is 10.2 Å². The molecule has 0 aliphatic rings. The van der Waals surface area contributed by atoms with Gasteiger partial charge in [0.1, 0.15) is 6.54 Å². The van der Waals surface area contributed by atoms with E-state index in [2.05, 4.69) is 42.9 Å². The Balaban J connectivity index is 0.000000922. The number of pyridine rings is 1. The van der Waals surface area contributed by atoms with Crippen LogP contribution in [0.1, 0.15) is 76.7 Å². The van der Waals surface area contributed by atoms with Crippen LogP contribution in [0.15, 0.2) is 24.5 Å². The summed E-state index contributed by atoms with van der Waals surface area (Å²) >= 11 is 0. The SMILES string of the molecule is CCCCCCCCCCCC[n+]1ccc(C)cc1.[O-][Cl+3]([O-])([O-])[O-]. The molecule has 1 heterocycles. The maximum absolute atomic E-state index is 8.49. The smallest absolute Gasteiger partial charge is 0.169 e. The van der Waals surface area contributed by atoms with Gasteiger partial charge in [-0.15, -0.1) is 10.2 Å². The zero-order valence-corrected chi connectivity index (χ0v) is 15.8. The fourth-order valence-corrected chi connectivity index (χ4v) is 2.46. The molecular weight excluding hydrogens is 330 g/mol. The van der Waals surface area contributed by atoms with E-state index in [4.69, 9.17) is 18.6 Å². The molecule has 1 aromatic heterocycles. The van der Waals surface area contributed by atoms with Crippen molar-refractivity contribution in [3.63, 3.8) is 0 Å². The fraction of sp³-hybridized carbons (Fsp3) is 0.722. The Bertz CT molecular complexity index is 387. The molecule has 140 valence electrons. The lowest BCUT2D eigenvalue weighted by Gasteiger charge is -2.17. The molecule has 0 amide bonds. The highest BCUT2D eigenvalue weighted by Gasteiger charge is 1.99. The fourth-order valence-electron chi connectivity index (χ4n) is 2.46. The number of hydrogen-bond donors (Lipinski definition) is 0. The Morgan fingerprint density at radius 3 is 1.54 bits per heavy atom. The summed E-state index contributed by atoms with van der Waals surface area (Å²) in [5.41, 5.74) is 1.35. The van der Waals surface area contributed by atoms with Crippen molar-refractivity contribution in [2.45, 2.75) is 84.6 Å². The highest BCUT2D eigenvalue weighted by molar-refractivity contribution is 5.03. The molecule has 0 radical (unpaired) electrons. The van der Waals surface area contributed by atoms with Crippen molar-refractivity contribution in [2.75, 3.05) is 0 Å². The topological polar surface area (TPSA) is 96.1 Å². The molecule has 0 spiro atoms. The van der Waals surface area contributed by atoms with Crippen molar-refractivity contribution in [2.24, 2.45) is 0 Å². The van der Waals surface area contributed by atoms with Crippen molar-refractivity contribution in [1.29, 1.82) is 0 Å². The Morgan fingerprint density at radius 1 is 0.750 bits per heavy atom. The molecule has 0 bridgehead atoms. The summed E-state index contributed by atoms with van der Waals surface area (Å²) in [4.78, 5) is 0. The van der Waals surface area contributed by atoms with Crippen LogP contribution in [-0.2, 0) is 6.54 Å². The van der Waals surface area contributed by atoms with Crippen LogP contribution in [0, 0.1) is 17.2 Å². The first-order chi connectivity index (χ1) is 11.3. The lowest BCUT2D eigenvalue weighted by molar-refractivity contribution is -2.00. The van der Waals surface area contributed by atoms with Crippen LogP contribution in [0.25, 0.3) is 0 Å². The normalized spacial score (nSPS) is 11.1. The molecule has 0 saturated heterocycles. The van der Waals surface area contributed by atoms with Crippen molar-refractivity contribution in [3.05, 3.63) is 30.1 Å². The average Bonchev–Trinajstić information content (AvgIpc) is 2.49. The van der Waals surface area contributed by atoms with Crippen molar-refractivity contribution in [1.82, 2.24) is 0 Å². The van der Waals surface area contributed by atoms with Gasteiger partial charge in [-0.25, -0.2) is 23.2 Å². The minimum atomic E-state index is -4.94. The molecule has 1 rings (SSSR count). The van der Waals surface area contributed by atoms with E-state index in [9.17, 15) is 0 Å². The maximum atomic E-state index is 8.49. The first kappa shape index (κ1) is 23.3. The van der Waals surface area contributed by atoms with Gasteiger partial charge in [0.15, 0.2) is 12.4 Å². The molecule has 0 unspecified atom stereocenters. The van der Waals surface area contributed by atoms with Gasteiger partial charge >= 0.3 is 0 Å². The van der Waals surface area contributed by atoms with Crippen LogP contribution in [0.2, 0.25) is 0 Å². The lowest BCUT2D eigenvalue weighted by atomic mass is 10.1. The molecule has 5 nitrogen and oxygen atoms in total. The predicted octanol–water partition coefficient (Wildman–Crippen LogP) is 0.447. The summed E-state index contributed by atoms with van der Waals surface area (Å²) < 4.78 is 36.3. The van der Waals surface area contributed by atoms with E-state index in [0.29, 0.717) is 0 Å². The van der Waals surface area contributed by atoms with E-state index in [1.165, 1.54) is 76.3 Å². The van der Waals surface area contributed by atoms with Crippen LogP contribution in [0.3, 0.4) is 0 Å². The van der Waals surface area contributed by atoms with Gasteiger partial charge in [-0.2, -0.15) is 0 Å². The molecule has 0 aliphatic heterocycles. The molecule has 0 fully saturated rings. The van der Waals surface area contributed by atoms with Gasteiger partial charge < -0.3 is 0 Å². The highest BCUT2D eigenvalue weighted by atomic mass is 35.7. The number of aromatic nitrogens is 1. The number of aryl methyl sites for hydroxylation is 2. The molecular formula is C18H32ClNO4. The van der Waals surface area contributed by atoms with Crippen molar-refractivity contribution >= 4 is 0 Å².